The summed E-state index contributed by atoms with van der Waals surface area (Å²) in [7, 11) is 0. The summed E-state index contributed by atoms with van der Waals surface area (Å²) in [4.78, 5) is 11.0. The zero-order valence-corrected chi connectivity index (χ0v) is 11.8. The zero-order valence-electron chi connectivity index (χ0n) is 12.8. The van der Waals surface area contributed by atoms with Crippen molar-refractivity contribution in [1.82, 2.24) is 0 Å². The first kappa shape index (κ1) is 19.2. The molecule has 0 aromatic carbocycles. The van der Waals surface area contributed by atoms with Crippen molar-refractivity contribution in [2.45, 2.75) is 65.2 Å². The van der Waals surface area contributed by atoms with Crippen molar-refractivity contribution in [2.24, 2.45) is 0 Å². The Kier molecular flexibility index (Phi) is 17.9. The van der Waals surface area contributed by atoms with E-state index >= 15 is 0 Å². The van der Waals surface area contributed by atoms with Crippen molar-refractivity contribution < 1.29 is 34.6 Å². The molecule has 0 aliphatic rings. The number of carbonyl (C=O) groups is 1. The molecule has 0 saturated carbocycles. The van der Waals surface area contributed by atoms with Crippen LogP contribution in [0.2, 0.25) is 0 Å². The number of unbranched alkanes of at least 4 members (excludes halogenated alkanes) is 6. The van der Waals surface area contributed by atoms with Gasteiger partial charge in [-0.1, -0.05) is 52.4 Å². The van der Waals surface area contributed by atoms with Gasteiger partial charge in [0, 0.05) is 0 Å². The average molecular weight is 238 g/mol. The second-order valence-corrected chi connectivity index (χ2v) is 4.07. The monoisotopic (exact) mass is 238 g/mol. The summed E-state index contributed by atoms with van der Waals surface area (Å²) in [6.07, 6.45) is 8.62. The molecule has 0 aromatic heterocycles. The van der Waals surface area contributed by atoms with Crippen LogP contribution in [-0.4, -0.2) is 19.4 Å². The second kappa shape index (κ2) is 15.9. The molecule has 0 saturated heterocycles. The minimum absolute atomic E-state index is 0. The molecule has 0 rings (SSSR count). The van der Waals surface area contributed by atoms with Gasteiger partial charge in [0.05, 0.1) is 13.2 Å². The third-order valence-electron chi connectivity index (χ3n) is 2.44. The summed E-state index contributed by atoms with van der Waals surface area (Å²) in [6.45, 7) is 5.24. The quantitative estimate of drug-likeness (QED) is 0.328. The minimum Gasteiger partial charge on any atom is -1.00 e. The van der Waals surface area contributed by atoms with Crippen LogP contribution in [-0.2, 0) is 9.47 Å². The van der Waals surface area contributed by atoms with Crippen molar-refractivity contribution in [3.05, 3.63) is 0 Å². The van der Waals surface area contributed by atoms with Crippen LogP contribution in [0, 0.1) is 0 Å². The Hall–Kier alpha value is -0.133. The number of rotatable bonds is 10. The van der Waals surface area contributed by atoms with Gasteiger partial charge >= 0.3 is 25.0 Å². The summed E-state index contributed by atoms with van der Waals surface area (Å²) >= 11 is 0. The van der Waals surface area contributed by atoms with Crippen molar-refractivity contribution in [2.75, 3.05) is 13.2 Å². The van der Waals surface area contributed by atoms with Gasteiger partial charge in [-0.05, 0) is 12.8 Å². The molecule has 0 fully saturated rings. The van der Waals surface area contributed by atoms with Gasteiger partial charge in [-0.15, -0.1) is 0 Å². The molecule has 0 amide bonds. The van der Waals surface area contributed by atoms with E-state index in [1.54, 1.807) is 0 Å². The number of hydrogen-bond donors (Lipinski definition) is 0. The van der Waals surface area contributed by atoms with Crippen LogP contribution in [0.25, 0.3) is 0 Å². The summed E-state index contributed by atoms with van der Waals surface area (Å²) < 4.78 is 9.80. The number of carbonyl (C=O) groups excluding carboxylic acids is 1. The Labute approximate surface area is 119 Å². The van der Waals surface area contributed by atoms with Gasteiger partial charge in [-0.2, -0.15) is 0 Å². The van der Waals surface area contributed by atoms with E-state index in [-0.39, 0.29) is 20.3 Å². The Morgan fingerprint density at radius 2 is 1.29 bits per heavy atom. The Morgan fingerprint density at radius 1 is 0.824 bits per heavy atom. The van der Waals surface area contributed by atoms with E-state index in [9.17, 15) is 4.79 Å². The number of hydrogen-bond acceptors (Lipinski definition) is 3. The van der Waals surface area contributed by atoms with Gasteiger partial charge in [0.25, 0.3) is 0 Å². The summed E-state index contributed by atoms with van der Waals surface area (Å²) in [5.74, 6) is 0. The molecule has 17 heavy (non-hydrogen) atoms. The van der Waals surface area contributed by atoms with E-state index in [0.29, 0.717) is 13.2 Å². The molecule has 3 nitrogen and oxygen atoms in total. The third-order valence-corrected chi connectivity index (χ3v) is 2.44. The summed E-state index contributed by atoms with van der Waals surface area (Å²) in [5.41, 5.74) is 0. The van der Waals surface area contributed by atoms with Crippen LogP contribution in [0.15, 0.2) is 0 Å². The SMILES string of the molecule is CCCCCCCCOC(=O)OCCCC.[H-].[Li+]. The largest absolute Gasteiger partial charge is 1.00 e. The standard InChI is InChI=1S/C13H26O3.Li.H/c1-3-5-7-8-9-10-12-16-13(14)15-11-6-4-2;;/h3-12H2,1-2H3;;/q;+1;-1. The fourth-order valence-corrected chi connectivity index (χ4v) is 1.38. The van der Waals surface area contributed by atoms with Gasteiger partial charge in [0.15, 0.2) is 0 Å². The molecule has 0 radical (unpaired) electrons. The molecule has 0 heterocycles. The average Bonchev–Trinajstić information content (AvgIpc) is 2.28. The van der Waals surface area contributed by atoms with Crippen molar-refractivity contribution in [3.63, 3.8) is 0 Å². The van der Waals surface area contributed by atoms with Gasteiger partial charge in [-0.25, -0.2) is 4.79 Å². The van der Waals surface area contributed by atoms with E-state index in [2.05, 4.69) is 13.8 Å². The van der Waals surface area contributed by atoms with Crippen LogP contribution in [0.4, 0.5) is 4.79 Å². The van der Waals surface area contributed by atoms with Gasteiger partial charge < -0.3 is 10.9 Å². The minimum atomic E-state index is -0.512. The molecule has 0 aliphatic heterocycles. The molecule has 0 spiro atoms. The molecular weight excluding hydrogens is 211 g/mol. The third kappa shape index (κ3) is 15.9. The second-order valence-electron chi connectivity index (χ2n) is 4.07. The normalized spacial score (nSPS) is 9.53. The summed E-state index contributed by atoms with van der Waals surface area (Å²) in [6, 6.07) is 0. The van der Waals surface area contributed by atoms with Crippen LogP contribution < -0.4 is 18.9 Å². The van der Waals surface area contributed by atoms with Crippen LogP contribution in [0.5, 0.6) is 0 Å². The van der Waals surface area contributed by atoms with Crippen molar-refractivity contribution >= 4 is 6.16 Å². The fourth-order valence-electron chi connectivity index (χ4n) is 1.38. The van der Waals surface area contributed by atoms with Crippen LogP contribution in [0.3, 0.4) is 0 Å². The predicted octanol–water partition coefficient (Wildman–Crippen LogP) is 1.42. The van der Waals surface area contributed by atoms with E-state index in [1.165, 1.54) is 25.7 Å². The summed E-state index contributed by atoms with van der Waals surface area (Å²) in [5, 5.41) is 0. The maximum absolute atomic E-state index is 11.0. The maximum Gasteiger partial charge on any atom is 1.00 e. The van der Waals surface area contributed by atoms with Crippen LogP contribution >= 0.6 is 0 Å². The first-order valence-electron chi connectivity index (χ1n) is 6.60. The molecule has 0 N–H and O–H groups in total. The maximum atomic E-state index is 11.0. The smallest absolute Gasteiger partial charge is 1.00 e. The molecule has 98 valence electrons. The van der Waals surface area contributed by atoms with Crippen LogP contribution in [0.1, 0.15) is 66.6 Å². The molecule has 0 unspecified atom stereocenters. The molecule has 4 heteroatoms. The molecule has 0 atom stereocenters. The van der Waals surface area contributed by atoms with E-state index in [4.69, 9.17) is 9.47 Å². The van der Waals surface area contributed by atoms with Gasteiger partial charge in [0.1, 0.15) is 0 Å². The van der Waals surface area contributed by atoms with E-state index < -0.39 is 6.16 Å². The molecule has 0 aromatic rings. The molecule has 0 aliphatic carbocycles. The molecule has 0 bridgehead atoms. The van der Waals surface area contributed by atoms with Crippen molar-refractivity contribution in [1.29, 1.82) is 0 Å². The van der Waals surface area contributed by atoms with Crippen molar-refractivity contribution in [3.8, 4) is 0 Å². The Bertz CT molecular complexity index is 168. The Morgan fingerprint density at radius 3 is 1.88 bits per heavy atom. The predicted molar refractivity (Wildman–Crippen MR) is 66.7 cm³/mol. The first-order chi connectivity index (χ1) is 7.81. The topological polar surface area (TPSA) is 35.5 Å². The van der Waals surface area contributed by atoms with E-state index in [0.717, 1.165) is 25.7 Å². The zero-order chi connectivity index (χ0) is 12.1. The Balaban J connectivity index is -0.00000112. The van der Waals surface area contributed by atoms with Gasteiger partial charge in [0.2, 0.25) is 0 Å². The molecular formula is C13H27LiO3. The fraction of sp³-hybridized carbons (Fsp3) is 0.923. The van der Waals surface area contributed by atoms with Gasteiger partial charge in [-0.3, -0.25) is 0 Å². The first-order valence-corrected chi connectivity index (χ1v) is 6.60. The number of ether oxygens (including phenoxy) is 2. The van der Waals surface area contributed by atoms with E-state index in [1.807, 2.05) is 0 Å².